The minimum atomic E-state index is -1.18. The smallest absolute Gasteiger partial charge is 0.323 e. The normalized spacial score (nSPS) is 14.5. The lowest BCUT2D eigenvalue weighted by atomic mass is 9.95. The molecule has 0 radical (unpaired) electrons. The van der Waals surface area contributed by atoms with Crippen LogP contribution in [-0.2, 0) is 24.4 Å². The van der Waals surface area contributed by atoms with Crippen LogP contribution in [0.3, 0.4) is 0 Å². The number of hydrogen-bond donors (Lipinski definition) is 3. The van der Waals surface area contributed by atoms with Crippen molar-refractivity contribution in [2.24, 2.45) is 0 Å². The van der Waals surface area contributed by atoms with Gasteiger partial charge in [0.2, 0.25) is 0 Å². The molecule has 1 aromatic heterocycles. The second kappa shape index (κ2) is 13.4. The highest BCUT2D eigenvalue weighted by Crippen LogP contribution is 2.44. The Labute approximate surface area is 259 Å². The fourth-order valence-electron chi connectivity index (χ4n) is 5.19. The van der Waals surface area contributed by atoms with Gasteiger partial charge in [-0.05, 0) is 54.2 Å². The molecule has 1 aliphatic carbocycles. The molecule has 43 heavy (non-hydrogen) atoms. The molecule has 3 aromatic carbocycles. The van der Waals surface area contributed by atoms with Gasteiger partial charge in [0.15, 0.2) is 0 Å². The number of benzene rings is 3. The maximum absolute atomic E-state index is 11.4. The van der Waals surface area contributed by atoms with Crippen LogP contribution in [0.2, 0.25) is 10.0 Å². The van der Waals surface area contributed by atoms with Crippen molar-refractivity contribution in [3.05, 3.63) is 110 Å². The summed E-state index contributed by atoms with van der Waals surface area (Å²) in [6, 6.07) is 18.1. The molecule has 10 heteroatoms. The first-order chi connectivity index (χ1) is 20.8. The summed E-state index contributed by atoms with van der Waals surface area (Å²) in [7, 11) is 0. The highest BCUT2D eigenvalue weighted by Gasteiger charge is 2.28. The number of hydrogen-bond acceptors (Lipinski definition) is 7. The van der Waals surface area contributed by atoms with Gasteiger partial charge in [0, 0.05) is 41.7 Å². The summed E-state index contributed by atoms with van der Waals surface area (Å²) in [5.41, 5.74) is 6.99. The van der Waals surface area contributed by atoms with Crippen LogP contribution in [0.4, 0.5) is 0 Å². The molecule has 0 aliphatic heterocycles. The van der Waals surface area contributed by atoms with E-state index in [1.165, 1.54) is 11.8 Å². The summed E-state index contributed by atoms with van der Waals surface area (Å²) in [6.45, 7) is 1.58. The summed E-state index contributed by atoms with van der Waals surface area (Å²) in [5, 5.41) is 31.9. The lowest BCUT2D eigenvalue weighted by Crippen LogP contribution is -2.39. The molecule has 3 N–H and O–H groups in total. The van der Waals surface area contributed by atoms with Gasteiger partial charge in [-0.15, -0.1) is 0 Å². The van der Waals surface area contributed by atoms with Gasteiger partial charge in [-0.3, -0.25) is 15.1 Å². The fraction of sp³-hybridized carbons (Fsp3) is 0.242. The first-order valence-electron chi connectivity index (χ1n) is 13.7. The number of aromatic nitrogens is 1. The van der Waals surface area contributed by atoms with Crippen molar-refractivity contribution in [3.8, 4) is 28.7 Å². The van der Waals surface area contributed by atoms with Gasteiger partial charge in [-0.25, -0.2) is 0 Å². The number of aliphatic hydroxyl groups is 1. The van der Waals surface area contributed by atoms with E-state index >= 15 is 0 Å². The first-order valence-corrected chi connectivity index (χ1v) is 14.4. The predicted octanol–water partition coefficient (Wildman–Crippen LogP) is 6.42. The van der Waals surface area contributed by atoms with E-state index < -0.39 is 18.6 Å². The van der Waals surface area contributed by atoms with Crippen molar-refractivity contribution in [2.45, 2.75) is 45.1 Å². The average Bonchev–Trinajstić information content (AvgIpc) is 3.42. The van der Waals surface area contributed by atoms with E-state index in [0.717, 1.165) is 40.1 Å². The number of fused-ring (bicyclic) bond motifs is 1. The van der Waals surface area contributed by atoms with Crippen LogP contribution in [0.5, 0.6) is 11.5 Å². The van der Waals surface area contributed by atoms with Gasteiger partial charge in [0.25, 0.3) is 0 Å². The Morgan fingerprint density at radius 2 is 1.93 bits per heavy atom. The van der Waals surface area contributed by atoms with Crippen LogP contribution in [0, 0.1) is 18.3 Å². The summed E-state index contributed by atoms with van der Waals surface area (Å²) < 4.78 is 12.6. The molecule has 0 amide bonds. The fourth-order valence-corrected chi connectivity index (χ4v) is 5.65. The van der Waals surface area contributed by atoms with Crippen molar-refractivity contribution in [3.63, 3.8) is 0 Å². The van der Waals surface area contributed by atoms with Gasteiger partial charge >= 0.3 is 5.97 Å². The molecule has 0 unspecified atom stereocenters. The number of ether oxygens (including phenoxy) is 2. The van der Waals surface area contributed by atoms with E-state index in [1.807, 2.05) is 31.2 Å². The SMILES string of the molecule is Cc1cccc(-c2cccc3c2CC[C@@H]3Oc2cc(OCc3cncc(C#N)c3)c(CN[C@@H](CO)C(=O)O)cc2Cl)c1Cl. The molecule has 0 bridgehead atoms. The Hall–Kier alpha value is -4.13. The summed E-state index contributed by atoms with van der Waals surface area (Å²) in [6.07, 6.45) is 4.37. The van der Waals surface area contributed by atoms with Gasteiger partial charge in [0.1, 0.15) is 36.3 Å². The number of halogens is 2. The number of rotatable bonds is 11. The molecule has 0 spiro atoms. The molecule has 220 valence electrons. The van der Waals surface area contributed by atoms with E-state index in [-0.39, 0.29) is 19.3 Å². The molecule has 1 heterocycles. The number of pyridine rings is 1. The third kappa shape index (κ3) is 6.76. The third-order valence-electron chi connectivity index (χ3n) is 7.42. The molecule has 1 aliphatic rings. The number of nitriles is 1. The highest BCUT2D eigenvalue weighted by atomic mass is 35.5. The molecule has 0 saturated heterocycles. The van der Waals surface area contributed by atoms with E-state index in [1.54, 1.807) is 24.4 Å². The first kappa shape index (κ1) is 30.3. The number of aliphatic carboxylic acids is 1. The zero-order chi connectivity index (χ0) is 30.5. The van der Waals surface area contributed by atoms with Crippen molar-refractivity contribution >= 4 is 29.2 Å². The van der Waals surface area contributed by atoms with Gasteiger partial charge in [0.05, 0.1) is 22.2 Å². The predicted molar refractivity (Wildman–Crippen MR) is 163 cm³/mol. The maximum atomic E-state index is 11.4. The Morgan fingerprint density at radius 1 is 1.14 bits per heavy atom. The molecule has 4 aromatic rings. The van der Waals surface area contributed by atoms with Crippen LogP contribution < -0.4 is 14.8 Å². The largest absolute Gasteiger partial charge is 0.488 e. The van der Waals surface area contributed by atoms with Crippen molar-refractivity contribution in [1.82, 2.24) is 10.3 Å². The highest BCUT2D eigenvalue weighted by molar-refractivity contribution is 6.34. The molecule has 8 nitrogen and oxygen atoms in total. The second-order valence-electron chi connectivity index (χ2n) is 10.3. The standard InChI is InChI=1S/C33H29Cl2N3O5/c1-19-4-2-7-26(32(19)35)23-5-3-6-25-24(23)8-9-29(25)43-31-12-30(42-18-21-10-20(13-36)14-37-15-21)22(11-27(31)34)16-38-28(17-39)33(40)41/h2-7,10-12,14-15,28-29,38-39H,8-9,16-18H2,1H3,(H,40,41)/t28-,29-/m0/s1. The number of aryl methyl sites for hydroxylation is 1. The molecule has 5 rings (SSSR count). The van der Waals surface area contributed by atoms with Crippen LogP contribution in [0.1, 0.15) is 45.9 Å². The lowest BCUT2D eigenvalue weighted by molar-refractivity contribution is -0.140. The minimum Gasteiger partial charge on any atom is -0.488 e. The number of aliphatic hydroxyl groups excluding tert-OH is 1. The van der Waals surface area contributed by atoms with Crippen molar-refractivity contribution in [2.75, 3.05) is 6.61 Å². The number of nitrogens with zero attached hydrogens (tertiary/aromatic N) is 2. The van der Waals surface area contributed by atoms with Crippen molar-refractivity contribution in [1.29, 1.82) is 5.26 Å². The Bertz CT molecular complexity index is 1700. The van der Waals surface area contributed by atoms with Crippen LogP contribution in [-0.4, -0.2) is 33.8 Å². The number of nitrogens with one attached hydrogen (secondary N) is 1. The zero-order valence-electron chi connectivity index (χ0n) is 23.3. The molecular formula is C33H29Cl2N3O5. The van der Waals surface area contributed by atoms with Crippen LogP contribution >= 0.6 is 23.2 Å². The topological polar surface area (TPSA) is 125 Å². The lowest BCUT2D eigenvalue weighted by Gasteiger charge is -2.20. The molecule has 0 saturated carbocycles. The Morgan fingerprint density at radius 3 is 2.70 bits per heavy atom. The second-order valence-corrected chi connectivity index (χ2v) is 11.1. The van der Waals surface area contributed by atoms with Crippen LogP contribution in [0.25, 0.3) is 11.1 Å². The van der Waals surface area contributed by atoms with Gasteiger partial charge in [-0.2, -0.15) is 5.26 Å². The average molecular weight is 619 g/mol. The number of carboxylic acids is 1. The number of carboxylic acid groups (broad SMARTS) is 1. The maximum Gasteiger partial charge on any atom is 0.323 e. The zero-order valence-corrected chi connectivity index (χ0v) is 24.8. The summed E-state index contributed by atoms with van der Waals surface area (Å²) in [4.78, 5) is 15.5. The quantitative estimate of drug-likeness (QED) is 0.176. The van der Waals surface area contributed by atoms with E-state index in [9.17, 15) is 20.3 Å². The van der Waals surface area contributed by atoms with Crippen LogP contribution in [0.15, 0.2) is 67.0 Å². The molecular weight excluding hydrogens is 589 g/mol. The third-order valence-corrected chi connectivity index (χ3v) is 8.22. The minimum absolute atomic E-state index is 0.0657. The van der Waals surface area contributed by atoms with E-state index in [0.29, 0.717) is 33.2 Å². The Balaban J connectivity index is 1.44. The van der Waals surface area contributed by atoms with Gasteiger partial charge in [-0.1, -0.05) is 59.6 Å². The number of carbonyl (C=O) groups is 1. The van der Waals surface area contributed by atoms with E-state index in [2.05, 4.69) is 28.5 Å². The summed E-state index contributed by atoms with van der Waals surface area (Å²) >= 11 is 13.4. The Kier molecular flexibility index (Phi) is 9.49. The van der Waals surface area contributed by atoms with Gasteiger partial charge < -0.3 is 19.7 Å². The monoisotopic (exact) mass is 617 g/mol. The molecule has 2 atom stereocenters. The summed E-state index contributed by atoms with van der Waals surface area (Å²) in [5.74, 6) is -0.352. The van der Waals surface area contributed by atoms with Crippen molar-refractivity contribution < 1.29 is 24.5 Å². The molecule has 0 fully saturated rings. The van der Waals surface area contributed by atoms with E-state index in [4.69, 9.17) is 32.7 Å².